The van der Waals surface area contributed by atoms with Gasteiger partial charge in [-0.1, -0.05) is 11.3 Å². The van der Waals surface area contributed by atoms with Crippen LogP contribution in [0.4, 0.5) is 4.39 Å². The van der Waals surface area contributed by atoms with Crippen LogP contribution >= 0.6 is 23.4 Å². The molecule has 3 heterocycles. The fraction of sp³-hybridized carbons (Fsp3) is 0.400. The Morgan fingerprint density at radius 1 is 1.33 bits per heavy atom. The van der Waals surface area contributed by atoms with Gasteiger partial charge in [0.2, 0.25) is 0 Å². The van der Waals surface area contributed by atoms with E-state index >= 15 is 0 Å². The zero-order chi connectivity index (χ0) is 21.1. The molecule has 1 unspecified atom stereocenters. The lowest BCUT2D eigenvalue weighted by molar-refractivity contribution is -0.117. The SMILES string of the molecule is N=C(c1ccc(-n2cc(CNC(=O)C3=CCC(Cl)S3)nn2)c(F)c1)N1CCCCC1. The molecule has 1 atom stereocenters. The minimum Gasteiger partial charge on any atom is -0.357 e. The van der Waals surface area contributed by atoms with Crippen molar-refractivity contribution in [2.24, 2.45) is 0 Å². The van der Waals surface area contributed by atoms with E-state index in [9.17, 15) is 9.18 Å². The Kier molecular flexibility index (Phi) is 6.38. The number of aromatic nitrogens is 3. The third-order valence-electron chi connectivity index (χ3n) is 5.08. The van der Waals surface area contributed by atoms with Crippen molar-refractivity contribution in [1.82, 2.24) is 25.2 Å². The van der Waals surface area contributed by atoms with E-state index in [0.717, 1.165) is 25.9 Å². The molecule has 158 valence electrons. The predicted octanol–water partition coefficient (Wildman–Crippen LogP) is 3.42. The molecule has 0 bridgehead atoms. The van der Waals surface area contributed by atoms with Crippen molar-refractivity contribution in [2.75, 3.05) is 13.1 Å². The average Bonchev–Trinajstić information content (AvgIpc) is 3.41. The highest BCUT2D eigenvalue weighted by molar-refractivity contribution is 8.05. The number of likely N-dealkylation sites (tertiary alicyclic amines) is 1. The van der Waals surface area contributed by atoms with Crippen LogP contribution < -0.4 is 5.32 Å². The van der Waals surface area contributed by atoms with E-state index in [4.69, 9.17) is 17.0 Å². The molecule has 4 rings (SSSR count). The van der Waals surface area contributed by atoms with E-state index in [1.54, 1.807) is 18.3 Å². The van der Waals surface area contributed by atoms with Crippen LogP contribution in [0.5, 0.6) is 0 Å². The summed E-state index contributed by atoms with van der Waals surface area (Å²) < 4.78 is 16.0. The number of nitrogens with one attached hydrogen (secondary N) is 2. The quantitative estimate of drug-likeness (QED) is 0.416. The first-order valence-corrected chi connectivity index (χ1v) is 11.2. The molecule has 2 aliphatic heterocycles. The normalized spacial score (nSPS) is 18.9. The van der Waals surface area contributed by atoms with Gasteiger partial charge in [0.15, 0.2) is 0 Å². The Balaban J connectivity index is 1.40. The molecule has 0 aliphatic carbocycles. The number of nitrogens with zero attached hydrogens (tertiary/aromatic N) is 4. The Hall–Kier alpha value is -2.39. The maximum atomic E-state index is 14.7. The third-order valence-corrected chi connectivity index (χ3v) is 6.58. The third kappa shape index (κ3) is 4.67. The van der Waals surface area contributed by atoms with Crippen LogP contribution in [0.3, 0.4) is 0 Å². The molecule has 1 aromatic heterocycles. The zero-order valence-electron chi connectivity index (χ0n) is 16.3. The second-order valence-corrected chi connectivity index (χ2v) is 9.26. The van der Waals surface area contributed by atoms with E-state index in [1.165, 1.54) is 28.9 Å². The smallest absolute Gasteiger partial charge is 0.257 e. The van der Waals surface area contributed by atoms with Crippen molar-refractivity contribution in [3.63, 3.8) is 0 Å². The summed E-state index contributed by atoms with van der Waals surface area (Å²) in [4.78, 5) is 14.7. The second kappa shape index (κ2) is 9.18. The van der Waals surface area contributed by atoms with Crippen LogP contribution in [0.1, 0.15) is 36.9 Å². The molecule has 1 amide bonds. The summed E-state index contributed by atoms with van der Waals surface area (Å²) in [6.45, 7) is 1.85. The summed E-state index contributed by atoms with van der Waals surface area (Å²) in [6.07, 6.45) is 7.35. The van der Waals surface area contributed by atoms with E-state index in [1.807, 2.05) is 11.0 Å². The topological polar surface area (TPSA) is 86.9 Å². The number of carbonyl (C=O) groups excluding carboxylic acids is 1. The number of allylic oxidation sites excluding steroid dienone is 1. The summed E-state index contributed by atoms with van der Waals surface area (Å²) in [5, 5.41) is 19.1. The van der Waals surface area contributed by atoms with Crippen LogP contribution in [-0.2, 0) is 11.3 Å². The number of thioether (sulfide) groups is 1. The molecule has 7 nitrogen and oxygen atoms in total. The van der Waals surface area contributed by atoms with Gasteiger partial charge in [0, 0.05) is 18.7 Å². The monoisotopic (exact) mass is 448 g/mol. The van der Waals surface area contributed by atoms with E-state index < -0.39 is 5.82 Å². The first-order chi connectivity index (χ1) is 14.5. The summed E-state index contributed by atoms with van der Waals surface area (Å²) in [5.74, 6) is -0.333. The Labute approximate surface area is 183 Å². The lowest BCUT2D eigenvalue weighted by atomic mass is 10.1. The molecule has 1 saturated heterocycles. The van der Waals surface area contributed by atoms with Gasteiger partial charge in [0.05, 0.1) is 22.4 Å². The average molecular weight is 449 g/mol. The van der Waals surface area contributed by atoms with Gasteiger partial charge in [0.25, 0.3) is 5.91 Å². The number of rotatable bonds is 5. The van der Waals surface area contributed by atoms with Crippen molar-refractivity contribution in [3.8, 4) is 5.69 Å². The molecule has 0 radical (unpaired) electrons. The molecule has 0 saturated carbocycles. The summed E-state index contributed by atoms with van der Waals surface area (Å²) in [7, 11) is 0. The standard InChI is InChI=1S/C20H22ClFN6OS/c21-18-7-6-17(30-18)20(29)24-11-14-12-28(26-25-14)16-5-4-13(10-15(16)22)19(23)27-8-2-1-3-9-27/h4-6,10,12,18,23H,1-3,7-9,11H2,(H,24,29). The Morgan fingerprint density at radius 2 is 2.13 bits per heavy atom. The van der Waals surface area contributed by atoms with Crippen molar-refractivity contribution in [1.29, 1.82) is 5.41 Å². The van der Waals surface area contributed by atoms with Gasteiger partial charge in [-0.3, -0.25) is 10.2 Å². The van der Waals surface area contributed by atoms with Crippen LogP contribution in [0.2, 0.25) is 0 Å². The number of piperidine rings is 1. The highest BCUT2D eigenvalue weighted by Gasteiger charge is 2.21. The number of benzene rings is 1. The Morgan fingerprint density at radius 3 is 2.83 bits per heavy atom. The molecular formula is C20H22ClFN6OS. The molecule has 30 heavy (non-hydrogen) atoms. The Bertz CT molecular complexity index is 987. The number of hydrogen-bond donors (Lipinski definition) is 2. The van der Waals surface area contributed by atoms with Gasteiger partial charge in [-0.15, -0.1) is 28.5 Å². The zero-order valence-corrected chi connectivity index (χ0v) is 17.8. The van der Waals surface area contributed by atoms with Gasteiger partial charge in [0.1, 0.15) is 23.0 Å². The number of amidine groups is 1. The summed E-state index contributed by atoms with van der Waals surface area (Å²) >= 11 is 7.31. The highest BCUT2D eigenvalue weighted by Crippen LogP contribution is 2.34. The largest absolute Gasteiger partial charge is 0.357 e. The lowest BCUT2D eigenvalue weighted by Gasteiger charge is -2.29. The minimum absolute atomic E-state index is 0.103. The number of hydrogen-bond acceptors (Lipinski definition) is 5. The van der Waals surface area contributed by atoms with Crippen LogP contribution in [0.15, 0.2) is 35.4 Å². The maximum absolute atomic E-state index is 14.7. The maximum Gasteiger partial charge on any atom is 0.257 e. The van der Waals surface area contributed by atoms with Crippen LogP contribution in [0.25, 0.3) is 5.69 Å². The molecular weight excluding hydrogens is 427 g/mol. The fourth-order valence-corrected chi connectivity index (χ4v) is 4.69. The summed E-state index contributed by atoms with van der Waals surface area (Å²) in [6, 6.07) is 4.69. The van der Waals surface area contributed by atoms with Crippen molar-refractivity contribution in [2.45, 2.75) is 36.9 Å². The van der Waals surface area contributed by atoms with Crippen molar-refractivity contribution < 1.29 is 9.18 Å². The number of amides is 1. The highest BCUT2D eigenvalue weighted by atomic mass is 35.5. The second-order valence-electron chi connectivity index (χ2n) is 7.23. The van der Waals surface area contributed by atoms with Gasteiger partial charge in [-0.05, 0) is 43.9 Å². The lowest BCUT2D eigenvalue weighted by Crippen LogP contribution is -2.35. The fourth-order valence-electron chi connectivity index (χ4n) is 3.48. The molecule has 2 aliphatic rings. The predicted molar refractivity (Wildman–Crippen MR) is 115 cm³/mol. The molecule has 0 spiro atoms. The van der Waals surface area contributed by atoms with Gasteiger partial charge in [-0.25, -0.2) is 9.07 Å². The number of halogens is 2. The molecule has 10 heteroatoms. The molecule has 2 aromatic rings. The first kappa shape index (κ1) is 20.9. The van der Waals surface area contributed by atoms with E-state index in [2.05, 4.69) is 15.6 Å². The van der Waals surface area contributed by atoms with Crippen LogP contribution in [-0.4, -0.2) is 49.4 Å². The minimum atomic E-state index is -0.476. The van der Waals surface area contributed by atoms with Crippen LogP contribution in [0, 0.1) is 11.2 Å². The molecule has 2 N–H and O–H groups in total. The number of alkyl halides is 1. The summed E-state index contributed by atoms with van der Waals surface area (Å²) in [5.41, 5.74) is 1.30. The van der Waals surface area contributed by atoms with E-state index in [-0.39, 0.29) is 22.8 Å². The van der Waals surface area contributed by atoms with Crippen molar-refractivity contribution in [3.05, 3.63) is 52.5 Å². The first-order valence-electron chi connectivity index (χ1n) is 9.85. The molecule has 1 aromatic carbocycles. The molecule has 1 fully saturated rings. The van der Waals surface area contributed by atoms with Gasteiger partial charge >= 0.3 is 0 Å². The van der Waals surface area contributed by atoms with Gasteiger partial charge in [-0.2, -0.15) is 0 Å². The number of carbonyl (C=O) groups is 1. The van der Waals surface area contributed by atoms with E-state index in [0.29, 0.717) is 28.4 Å². The van der Waals surface area contributed by atoms with Crippen molar-refractivity contribution >= 4 is 35.1 Å². The van der Waals surface area contributed by atoms with Gasteiger partial charge < -0.3 is 10.2 Å².